The zero-order valence-corrected chi connectivity index (χ0v) is 11.4. The molecule has 0 aliphatic carbocycles. The van der Waals surface area contributed by atoms with Crippen LogP contribution in [0.15, 0.2) is 6.33 Å². The van der Waals surface area contributed by atoms with Gasteiger partial charge in [0.05, 0.1) is 6.61 Å². The van der Waals surface area contributed by atoms with Gasteiger partial charge in [0.15, 0.2) is 0 Å². The molecule has 1 saturated heterocycles. The summed E-state index contributed by atoms with van der Waals surface area (Å²) in [5.74, 6) is 2.16. The first-order valence-corrected chi connectivity index (χ1v) is 6.91. The second-order valence-electron chi connectivity index (χ2n) is 5.48. The minimum absolute atomic E-state index is 0.506. The molecule has 0 unspecified atom stereocenters. The molecule has 5 heteroatoms. The first-order valence-electron chi connectivity index (χ1n) is 6.91. The highest BCUT2D eigenvalue weighted by Gasteiger charge is 2.22. The maximum absolute atomic E-state index is 5.65. The lowest BCUT2D eigenvalue weighted by Gasteiger charge is -2.31. The SMILES string of the molecule is CC(C)COCCN1CCC[C@H](c2ncn[nH]2)C1. The van der Waals surface area contributed by atoms with Crippen molar-refractivity contribution in [2.45, 2.75) is 32.6 Å². The predicted molar refractivity (Wildman–Crippen MR) is 70.5 cm³/mol. The van der Waals surface area contributed by atoms with Crippen LogP contribution in [0.25, 0.3) is 0 Å². The first kappa shape index (κ1) is 13.5. The van der Waals surface area contributed by atoms with Gasteiger partial charge in [0.25, 0.3) is 0 Å². The first-order chi connectivity index (χ1) is 8.75. The Labute approximate surface area is 109 Å². The maximum atomic E-state index is 5.65. The summed E-state index contributed by atoms with van der Waals surface area (Å²) in [4.78, 5) is 6.74. The summed E-state index contributed by atoms with van der Waals surface area (Å²) in [5.41, 5.74) is 0. The smallest absolute Gasteiger partial charge is 0.137 e. The molecule has 1 atom stereocenters. The number of nitrogens with zero attached hydrogens (tertiary/aromatic N) is 3. The van der Waals surface area contributed by atoms with Crippen molar-refractivity contribution in [1.82, 2.24) is 20.1 Å². The van der Waals surface area contributed by atoms with Gasteiger partial charge in [-0.3, -0.25) is 5.10 Å². The van der Waals surface area contributed by atoms with Crippen LogP contribution >= 0.6 is 0 Å². The van der Waals surface area contributed by atoms with Crippen LogP contribution in [0.4, 0.5) is 0 Å². The summed E-state index contributed by atoms with van der Waals surface area (Å²) in [6, 6.07) is 0. The zero-order chi connectivity index (χ0) is 12.8. The van der Waals surface area contributed by atoms with Crippen LogP contribution in [0.2, 0.25) is 0 Å². The number of nitrogens with one attached hydrogen (secondary N) is 1. The molecule has 5 nitrogen and oxygen atoms in total. The Morgan fingerprint density at radius 2 is 2.44 bits per heavy atom. The molecule has 1 aliphatic heterocycles. The van der Waals surface area contributed by atoms with Crippen LogP contribution in [0, 0.1) is 5.92 Å². The lowest BCUT2D eigenvalue weighted by molar-refractivity contribution is 0.0766. The van der Waals surface area contributed by atoms with Crippen molar-refractivity contribution in [2.24, 2.45) is 5.92 Å². The molecule has 2 heterocycles. The third-order valence-corrected chi connectivity index (χ3v) is 3.33. The van der Waals surface area contributed by atoms with Gasteiger partial charge in [-0.05, 0) is 25.3 Å². The molecule has 1 aromatic rings. The number of aromatic nitrogens is 3. The molecule has 0 radical (unpaired) electrons. The van der Waals surface area contributed by atoms with Gasteiger partial charge < -0.3 is 9.64 Å². The Morgan fingerprint density at radius 3 is 3.17 bits per heavy atom. The van der Waals surface area contributed by atoms with Gasteiger partial charge >= 0.3 is 0 Å². The fourth-order valence-corrected chi connectivity index (χ4v) is 2.41. The van der Waals surface area contributed by atoms with Crippen LogP contribution in [0.5, 0.6) is 0 Å². The summed E-state index contributed by atoms with van der Waals surface area (Å²) < 4.78 is 5.65. The average Bonchev–Trinajstić information content (AvgIpc) is 2.89. The molecule has 0 amide bonds. The fourth-order valence-electron chi connectivity index (χ4n) is 2.41. The fraction of sp³-hybridized carbons (Fsp3) is 0.846. The van der Waals surface area contributed by atoms with E-state index in [1.165, 1.54) is 19.4 Å². The maximum Gasteiger partial charge on any atom is 0.137 e. The highest BCUT2D eigenvalue weighted by Crippen LogP contribution is 2.23. The summed E-state index contributed by atoms with van der Waals surface area (Å²) in [7, 11) is 0. The Hall–Kier alpha value is -0.940. The van der Waals surface area contributed by atoms with Crippen LogP contribution in [0.1, 0.15) is 38.4 Å². The van der Waals surface area contributed by atoms with Crippen molar-refractivity contribution >= 4 is 0 Å². The molecule has 0 spiro atoms. The van der Waals surface area contributed by atoms with E-state index in [4.69, 9.17) is 4.74 Å². The number of hydrogen-bond acceptors (Lipinski definition) is 4. The topological polar surface area (TPSA) is 54.0 Å². The summed E-state index contributed by atoms with van der Waals surface area (Å²) in [6.45, 7) is 9.33. The van der Waals surface area contributed by atoms with Crippen LogP contribution in [-0.4, -0.2) is 52.9 Å². The number of piperidine rings is 1. The molecule has 18 heavy (non-hydrogen) atoms. The van der Waals surface area contributed by atoms with Gasteiger partial charge in [0.2, 0.25) is 0 Å². The Balaban J connectivity index is 1.70. The quantitative estimate of drug-likeness (QED) is 0.782. The van der Waals surface area contributed by atoms with E-state index < -0.39 is 0 Å². The number of rotatable bonds is 6. The highest BCUT2D eigenvalue weighted by atomic mass is 16.5. The Kier molecular flexibility index (Phi) is 5.13. The predicted octanol–water partition coefficient (Wildman–Crippen LogP) is 1.66. The average molecular weight is 252 g/mol. The Morgan fingerprint density at radius 1 is 1.56 bits per heavy atom. The van der Waals surface area contributed by atoms with E-state index in [1.54, 1.807) is 6.33 Å². The van der Waals surface area contributed by atoms with Gasteiger partial charge in [0.1, 0.15) is 12.2 Å². The van der Waals surface area contributed by atoms with E-state index >= 15 is 0 Å². The van der Waals surface area contributed by atoms with E-state index in [0.29, 0.717) is 11.8 Å². The van der Waals surface area contributed by atoms with Crippen molar-refractivity contribution in [3.05, 3.63) is 12.2 Å². The molecule has 1 N–H and O–H groups in total. The van der Waals surface area contributed by atoms with Gasteiger partial charge in [-0.1, -0.05) is 13.8 Å². The monoisotopic (exact) mass is 252 g/mol. The van der Waals surface area contributed by atoms with E-state index in [0.717, 1.165) is 32.1 Å². The lowest BCUT2D eigenvalue weighted by atomic mass is 9.97. The number of H-pyrrole nitrogens is 1. The largest absolute Gasteiger partial charge is 0.380 e. The minimum Gasteiger partial charge on any atom is -0.380 e. The van der Waals surface area contributed by atoms with Crippen molar-refractivity contribution in [1.29, 1.82) is 0 Å². The molecule has 1 aromatic heterocycles. The van der Waals surface area contributed by atoms with Gasteiger partial charge in [-0.15, -0.1) is 0 Å². The van der Waals surface area contributed by atoms with Gasteiger partial charge in [-0.2, -0.15) is 5.10 Å². The molecule has 0 aromatic carbocycles. The van der Waals surface area contributed by atoms with Crippen molar-refractivity contribution < 1.29 is 4.74 Å². The van der Waals surface area contributed by atoms with Gasteiger partial charge in [0, 0.05) is 25.6 Å². The molecular weight excluding hydrogens is 228 g/mol. The Bertz CT molecular complexity index is 326. The lowest BCUT2D eigenvalue weighted by Crippen LogP contribution is -2.37. The number of ether oxygens (including phenoxy) is 1. The molecule has 2 rings (SSSR count). The zero-order valence-electron chi connectivity index (χ0n) is 11.4. The molecule has 0 saturated carbocycles. The van der Waals surface area contributed by atoms with Gasteiger partial charge in [-0.25, -0.2) is 4.98 Å². The summed E-state index contributed by atoms with van der Waals surface area (Å²) in [5, 5.41) is 6.93. The van der Waals surface area contributed by atoms with E-state index in [9.17, 15) is 0 Å². The van der Waals surface area contributed by atoms with Crippen molar-refractivity contribution in [2.75, 3.05) is 32.8 Å². The van der Waals surface area contributed by atoms with E-state index in [-0.39, 0.29) is 0 Å². The minimum atomic E-state index is 0.506. The standard InChI is InChI=1S/C13H24N4O/c1-11(2)9-18-7-6-17-5-3-4-12(8-17)13-14-10-15-16-13/h10-12H,3-9H2,1-2H3,(H,14,15,16)/t12-/m0/s1. The molecule has 0 bridgehead atoms. The van der Waals surface area contributed by atoms with Crippen molar-refractivity contribution in [3.63, 3.8) is 0 Å². The molecular formula is C13H24N4O. The molecule has 1 fully saturated rings. The third kappa shape index (κ3) is 4.07. The summed E-state index contributed by atoms with van der Waals surface area (Å²) >= 11 is 0. The van der Waals surface area contributed by atoms with E-state index in [2.05, 4.69) is 33.9 Å². The number of likely N-dealkylation sites (tertiary alicyclic amines) is 1. The number of hydrogen-bond donors (Lipinski definition) is 1. The normalized spacial score (nSPS) is 21.6. The molecule has 102 valence electrons. The second-order valence-corrected chi connectivity index (χ2v) is 5.48. The van der Waals surface area contributed by atoms with Crippen LogP contribution in [0.3, 0.4) is 0 Å². The number of aromatic amines is 1. The van der Waals surface area contributed by atoms with Crippen molar-refractivity contribution in [3.8, 4) is 0 Å². The summed E-state index contributed by atoms with van der Waals surface area (Å²) in [6.07, 6.45) is 4.04. The highest BCUT2D eigenvalue weighted by molar-refractivity contribution is 4.96. The van der Waals surface area contributed by atoms with Crippen LogP contribution in [-0.2, 0) is 4.74 Å². The third-order valence-electron chi connectivity index (χ3n) is 3.33. The van der Waals surface area contributed by atoms with Crippen LogP contribution < -0.4 is 0 Å². The van der Waals surface area contributed by atoms with E-state index in [1.807, 2.05) is 0 Å². The second kappa shape index (κ2) is 6.85. The molecule has 1 aliphatic rings.